The van der Waals surface area contributed by atoms with Gasteiger partial charge in [-0.2, -0.15) is 5.48 Å². The molecule has 1 aromatic heterocycles. The van der Waals surface area contributed by atoms with E-state index in [1.807, 2.05) is 33.8 Å². The number of rotatable bonds is 10. The van der Waals surface area contributed by atoms with E-state index < -0.39 is 110 Å². The summed E-state index contributed by atoms with van der Waals surface area (Å²) < 4.78 is 24.1. The van der Waals surface area contributed by atoms with Gasteiger partial charge in [0.1, 0.15) is 36.6 Å². The highest BCUT2D eigenvalue weighted by Gasteiger charge is 2.55. The third-order valence-electron chi connectivity index (χ3n) is 8.87. The zero-order valence-corrected chi connectivity index (χ0v) is 26.2. The van der Waals surface area contributed by atoms with Gasteiger partial charge in [-0.15, -0.1) is 0 Å². The lowest BCUT2D eigenvalue weighted by atomic mass is 9.65. The minimum absolute atomic E-state index is 0.0429. The minimum atomic E-state index is -1.72. The monoisotopic (exact) mass is 645 g/mol. The summed E-state index contributed by atoms with van der Waals surface area (Å²) in [5.74, 6) is -1.38. The first-order valence-corrected chi connectivity index (χ1v) is 15.2. The van der Waals surface area contributed by atoms with Gasteiger partial charge in [0.25, 0.3) is 0 Å². The van der Waals surface area contributed by atoms with Crippen LogP contribution in [0.5, 0.6) is 0 Å². The summed E-state index contributed by atoms with van der Waals surface area (Å²) in [6.45, 7) is 7.95. The molecule has 0 bridgehead atoms. The van der Waals surface area contributed by atoms with E-state index in [0.717, 1.165) is 11.1 Å². The van der Waals surface area contributed by atoms with Gasteiger partial charge < -0.3 is 59.8 Å². The Hall–Kier alpha value is -1.41. The van der Waals surface area contributed by atoms with Gasteiger partial charge in [-0.25, -0.2) is 0 Å². The highest BCUT2D eigenvalue weighted by molar-refractivity contribution is 5.15. The summed E-state index contributed by atoms with van der Waals surface area (Å²) in [6.07, 6.45) is -12.9. The molecule has 45 heavy (non-hydrogen) atoms. The minimum Gasteiger partial charge on any atom is -0.396 e. The Balaban J connectivity index is 1.62. The third-order valence-corrected chi connectivity index (χ3v) is 8.87. The van der Waals surface area contributed by atoms with E-state index in [2.05, 4.69) is 10.5 Å². The van der Waals surface area contributed by atoms with Gasteiger partial charge in [-0.1, -0.05) is 26.8 Å². The zero-order chi connectivity index (χ0) is 33.2. The largest absolute Gasteiger partial charge is 0.396 e. The van der Waals surface area contributed by atoms with Gasteiger partial charge in [-0.05, 0) is 36.8 Å². The Kier molecular flexibility index (Phi) is 12.3. The first kappa shape index (κ1) is 36.4. The van der Waals surface area contributed by atoms with Crippen molar-refractivity contribution >= 4 is 0 Å². The van der Waals surface area contributed by atoms with Gasteiger partial charge in [0.05, 0.1) is 37.6 Å². The lowest BCUT2D eigenvalue weighted by Crippen LogP contribution is -2.65. The molecule has 15 heteroatoms. The molecule has 0 spiro atoms. The smallest absolute Gasteiger partial charge is 0.187 e. The van der Waals surface area contributed by atoms with Crippen LogP contribution >= 0.6 is 0 Å². The maximum atomic E-state index is 11.5. The molecule has 1 radical (unpaired) electrons. The average molecular weight is 646 g/mol. The standard InChI is InChI=1S/C30H49N2O13/c1-13-6-15(9-31-8-13)12-41-32-28-25(40)27(45-29-24(39)23(38)20(35)14(2)42-29)26(18(11-34)44-28)43-17-7-16(10-33)21(36)22(37)19(17)30(3,4)5/h6,8-9,14,16-24,26-29,32-40H,7,10-12H2,1-5H3/t14?,16?,17-,18?,19?,20+,21+,22+,23-,24?,26-,27+,28-,29-/m1/s1. The number of nitrogens with one attached hydrogen (secondary N) is 1. The molecule has 4 rings (SSSR count). The van der Waals surface area contributed by atoms with Crippen LogP contribution in [0.15, 0.2) is 18.5 Å². The Morgan fingerprint density at radius 2 is 1.64 bits per heavy atom. The topological polar surface area (TPSA) is 233 Å². The molecule has 3 fully saturated rings. The van der Waals surface area contributed by atoms with E-state index in [9.17, 15) is 40.9 Å². The van der Waals surface area contributed by atoms with Crippen LogP contribution in [0.4, 0.5) is 0 Å². The van der Waals surface area contributed by atoms with E-state index in [1.54, 1.807) is 12.4 Å². The lowest BCUT2D eigenvalue weighted by Gasteiger charge is -2.51. The number of aliphatic hydroxyl groups excluding tert-OH is 8. The molecule has 2 aliphatic heterocycles. The van der Waals surface area contributed by atoms with Crippen LogP contribution in [0.25, 0.3) is 0 Å². The third kappa shape index (κ3) is 8.18. The first-order valence-electron chi connectivity index (χ1n) is 15.2. The molecule has 2 saturated heterocycles. The molecule has 1 saturated carbocycles. The number of aliphatic hydroxyl groups is 8. The highest BCUT2D eigenvalue weighted by Crippen LogP contribution is 2.44. The number of ether oxygens (including phenoxy) is 4. The van der Waals surface area contributed by atoms with E-state index in [-0.39, 0.29) is 13.0 Å². The molecule has 0 amide bonds. The van der Waals surface area contributed by atoms with Crippen LogP contribution < -0.4 is 5.48 Å². The highest BCUT2D eigenvalue weighted by atomic mass is 16.7. The van der Waals surface area contributed by atoms with E-state index in [4.69, 9.17) is 23.8 Å². The van der Waals surface area contributed by atoms with Crippen LogP contribution in [0.3, 0.4) is 0 Å². The first-order chi connectivity index (χ1) is 21.2. The maximum Gasteiger partial charge on any atom is 0.187 e. The van der Waals surface area contributed by atoms with E-state index in [0.29, 0.717) is 0 Å². The Morgan fingerprint density at radius 1 is 0.933 bits per heavy atom. The van der Waals surface area contributed by atoms with Crippen molar-refractivity contribution in [1.29, 1.82) is 0 Å². The van der Waals surface area contributed by atoms with Gasteiger partial charge in [0, 0.05) is 30.8 Å². The number of aryl methyl sites for hydroxylation is 1. The molecule has 257 valence electrons. The van der Waals surface area contributed by atoms with Gasteiger partial charge in [-0.3, -0.25) is 9.82 Å². The zero-order valence-electron chi connectivity index (χ0n) is 26.2. The van der Waals surface area contributed by atoms with Crippen LogP contribution in [-0.2, 0) is 30.4 Å². The van der Waals surface area contributed by atoms with Crippen LogP contribution in [0.1, 0.15) is 45.2 Å². The number of hydroxylamine groups is 1. The van der Waals surface area contributed by atoms with Crippen molar-refractivity contribution in [3.63, 3.8) is 0 Å². The molecule has 3 heterocycles. The molecular formula is C30H49N2O13. The molecule has 3 aliphatic rings. The second kappa shape index (κ2) is 15.2. The second-order valence-corrected chi connectivity index (χ2v) is 13.4. The second-order valence-electron chi connectivity index (χ2n) is 13.4. The summed E-state index contributed by atoms with van der Waals surface area (Å²) >= 11 is 0. The molecule has 1 aliphatic carbocycles. The van der Waals surface area contributed by atoms with Gasteiger partial charge in [0.15, 0.2) is 18.6 Å². The summed E-state index contributed by atoms with van der Waals surface area (Å²) in [4.78, 5) is 9.68. The quantitative estimate of drug-likeness (QED) is 0.130. The predicted octanol–water partition coefficient (Wildman–Crippen LogP) is -1.60. The fourth-order valence-corrected chi connectivity index (χ4v) is 6.43. The fourth-order valence-electron chi connectivity index (χ4n) is 6.43. The van der Waals surface area contributed by atoms with Crippen LogP contribution in [-0.4, -0.2) is 133 Å². The maximum absolute atomic E-state index is 11.5. The molecule has 1 aromatic rings. The van der Waals surface area contributed by atoms with Crippen LogP contribution in [0, 0.1) is 30.3 Å². The normalized spacial score (nSPS) is 41.7. The van der Waals surface area contributed by atoms with Gasteiger partial charge >= 0.3 is 0 Å². The summed E-state index contributed by atoms with van der Waals surface area (Å²) in [5, 5.41) is 84.9. The van der Waals surface area contributed by atoms with E-state index in [1.165, 1.54) is 6.92 Å². The summed E-state index contributed by atoms with van der Waals surface area (Å²) in [7, 11) is 0. The molecule has 14 atom stereocenters. The van der Waals surface area contributed by atoms with Crippen molar-refractivity contribution in [3.05, 3.63) is 35.7 Å². The average Bonchev–Trinajstić information content (AvgIpc) is 2.98. The van der Waals surface area contributed by atoms with Crippen molar-refractivity contribution in [2.24, 2.45) is 17.3 Å². The number of nitrogens with zero attached hydrogens (tertiary/aromatic N) is 1. The Labute approximate surface area is 262 Å². The summed E-state index contributed by atoms with van der Waals surface area (Å²) in [6, 6.07) is 1.86. The lowest BCUT2D eigenvalue weighted by molar-refractivity contribution is -0.338. The van der Waals surface area contributed by atoms with Gasteiger partial charge in [0.2, 0.25) is 0 Å². The van der Waals surface area contributed by atoms with Crippen molar-refractivity contribution in [3.8, 4) is 0 Å². The SMILES string of the molecule is Cc1cncc(CON[C@@H]2OC(CO)[C@@H](O[C@@H]3CC(CO)[C@H](O)[C@@H](O)C3C(C)(C)C)[C@@H](O[C@H]3OC(C)[C@H](O)[C@@H](O)C3O)[C]2O)c1. The molecule has 0 aromatic carbocycles. The molecule has 15 nitrogen and oxygen atoms in total. The number of hydrogen-bond acceptors (Lipinski definition) is 15. The number of aromatic nitrogens is 1. The summed E-state index contributed by atoms with van der Waals surface area (Å²) in [5.41, 5.74) is 3.66. The Bertz CT molecular complexity index is 1080. The van der Waals surface area contributed by atoms with Crippen molar-refractivity contribution in [2.45, 2.75) is 121 Å². The molecule has 9 N–H and O–H groups in total. The van der Waals surface area contributed by atoms with Crippen molar-refractivity contribution in [2.75, 3.05) is 13.2 Å². The van der Waals surface area contributed by atoms with Crippen molar-refractivity contribution in [1.82, 2.24) is 10.5 Å². The Morgan fingerprint density at radius 3 is 2.27 bits per heavy atom. The van der Waals surface area contributed by atoms with E-state index >= 15 is 0 Å². The molecule has 5 unspecified atom stereocenters. The van der Waals surface area contributed by atoms with Crippen LogP contribution in [0.2, 0.25) is 0 Å². The molecular weight excluding hydrogens is 596 g/mol. The number of hydrogen-bond donors (Lipinski definition) is 9. The van der Waals surface area contributed by atoms with Crippen molar-refractivity contribution < 1.29 is 64.6 Å². The fraction of sp³-hybridized carbons (Fsp3) is 0.800. The number of pyridine rings is 1. The predicted molar refractivity (Wildman–Crippen MR) is 154 cm³/mol.